The number of nitrogens with one attached hydrogen (secondary N) is 1. The average molecular weight is 299 g/mol. The van der Waals surface area contributed by atoms with Crippen LogP contribution in [-0.4, -0.2) is 31.4 Å². The number of halogens is 1. The zero-order valence-electron chi connectivity index (χ0n) is 10.6. The summed E-state index contributed by atoms with van der Waals surface area (Å²) in [5.74, 6) is 0.176. The summed E-state index contributed by atoms with van der Waals surface area (Å²) >= 11 is 3.51. The summed E-state index contributed by atoms with van der Waals surface area (Å²) in [7, 11) is 3.57. The van der Waals surface area contributed by atoms with Gasteiger partial charge >= 0.3 is 0 Å². The molecule has 0 aromatic heterocycles. The Bertz CT molecular complexity index is 391. The molecule has 0 aliphatic heterocycles. The molecule has 0 atom stereocenters. The van der Waals surface area contributed by atoms with Gasteiger partial charge in [0.2, 0.25) is 5.91 Å². The standard InChI is InChI=1S/C13H19BrN2O/c1-10-6-7-12(11(14)9-10)15-8-4-5-13(17)16(2)3/h6-7,9,15H,4-5,8H2,1-3H3. The third kappa shape index (κ3) is 4.77. The zero-order chi connectivity index (χ0) is 12.8. The van der Waals surface area contributed by atoms with E-state index in [0.29, 0.717) is 6.42 Å². The van der Waals surface area contributed by atoms with E-state index in [0.717, 1.165) is 23.1 Å². The lowest BCUT2D eigenvalue weighted by atomic mass is 10.2. The molecule has 0 aliphatic rings. The van der Waals surface area contributed by atoms with E-state index in [2.05, 4.69) is 40.3 Å². The Hall–Kier alpha value is -1.03. The van der Waals surface area contributed by atoms with Crippen LogP contribution in [0.1, 0.15) is 18.4 Å². The summed E-state index contributed by atoms with van der Waals surface area (Å²) < 4.78 is 1.07. The van der Waals surface area contributed by atoms with Crippen molar-refractivity contribution >= 4 is 27.5 Å². The topological polar surface area (TPSA) is 32.3 Å². The van der Waals surface area contributed by atoms with Gasteiger partial charge in [-0.3, -0.25) is 4.79 Å². The van der Waals surface area contributed by atoms with Crippen LogP contribution < -0.4 is 5.32 Å². The lowest BCUT2D eigenvalue weighted by Gasteiger charge is -2.11. The van der Waals surface area contributed by atoms with E-state index in [-0.39, 0.29) is 5.91 Å². The van der Waals surface area contributed by atoms with Crippen LogP contribution in [0.25, 0.3) is 0 Å². The Kier molecular flexibility index (Phi) is 5.48. The van der Waals surface area contributed by atoms with E-state index >= 15 is 0 Å². The Morgan fingerprint density at radius 2 is 2.12 bits per heavy atom. The predicted molar refractivity (Wildman–Crippen MR) is 75.3 cm³/mol. The molecule has 0 radical (unpaired) electrons. The minimum absolute atomic E-state index is 0.176. The quantitative estimate of drug-likeness (QED) is 0.848. The molecule has 0 unspecified atom stereocenters. The van der Waals surface area contributed by atoms with Crippen molar-refractivity contribution in [2.45, 2.75) is 19.8 Å². The summed E-state index contributed by atoms with van der Waals surface area (Å²) in [5, 5.41) is 3.32. The van der Waals surface area contributed by atoms with Crippen LogP contribution in [0.3, 0.4) is 0 Å². The lowest BCUT2D eigenvalue weighted by molar-refractivity contribution is -0.128. The molecule has 1 rings (SSSR count). The fourth-order valence-corrected chi connectivity index (χ4v) is 2.08. The third-order valence-corrected chi connectivity index (χ3v) is 3.16. The van der Waals surface area contributed by atoms with Gasteiger partial charge in [-0.1, -0.05) is 6.07 Å². The van der Waals surface area contributed by atoms with Gasteiger partial charge in [-0.2, -0.15) is 0 Å². The molecule has 94 valence electrons. The van der Waals surface area contributed by atoms with Gasteiger partial charge in [-0.15, -0.1) is 0 Å². The number of benzene rings is 1. The Labute approximate surface area is 111 Å². The second-order valence-electron chi connectivity index (χ2n) is 4.30. The highest BCUT2D eigenvalue weighted by Crippen LogP contribution is 2.23. The fourth-order valence-electron chi connectivity index (χ4n) is 1.45. The maximum atomic E-state index is 11.4. The van der Waals surface area contributed by atoms with Gasteiger partial charge in [-0.05, 0) is 47.0 Å². The first-order chi connectivity index (χ1) is 8.00. The summed E-state index contributed by atoms with van der Waals surface area (Å²) in [6.45, 7) is 2.87. The molecule has 17 heavy (non-hydrogen) atoms. The Morgan fingerprint density at radius 1 is 1.41 bits per heavy atom. The Morgan fingerprint density at radius 3 is 2.71 bits per heavy atom. The predicted octanol–water partition coefficient (Wildman–Crippen LogP) is 3.04. The normalized spacial score (nSPS) is 10.1. The van der Waals surface area contributed by atoms with Gasteiger partial charge in [0.05, 0.1) is 0 Å². The molecular formula is C13H19BrN2O. The first-order valence-corrected chi connectivity index (χ1v) is 6.50. The van der Waals surface area contributed by atoms with Crippen molar-refractivity contribution in [3.05, 3.63) is 28.2 Å². The fraction of sp³-hybridized carbons (Fsp3) is 0.462. The number of amides is 1. The number of carbonyl (C=O) groups is 1. The van der Waals surface area contributed by atoms with Crippen LogP contribution >= 0.6 is 15.9 Å². The number of anilines is 1. The second kappa shape index (κ2) is 6.64. The highest BCUT2D eigenvalue weighted by atomic mass is 79.9. The van der Waals surface area contributed by atoms with Crippen LogP contribution in [-0.2, 0) is 4.79 Å². The summed E-state index contributed by atoms with van der Waals surface area (Å²) in [4.78, 5) is 13.0. The van der Waals surface area contributed by atoms with E-state index in [1.807, 2.05) is 6.07 Å². The van der Waals surface area contributed by atoms with Gasteiger partial charge in [0.1, 0.15) is 0 Å². The van der Waals surface area contributed by atoms with Gasteiger partial charge < -0.3 is 10.2 Å². The summed E-state index contributed by atoms with van der Waals surface area (Å²) in [6, 6.07) is 6.19. The molecule has 0 aliphatic carbocycles. The number of carbonyl (C=O) groups excluding carboxylic acids is 1. The smallest absolute Gasteiger partial charge is 0.222 e. The van der Waals surface area contributed by atoms with E-state index in [1.54, 1.807) is 19.0 Å². The maximum Gasteiger partial charge on any atom is 0.222 e. The highest BCUT2D eigenvalue weighted by molar-refractivity contribution is 9.10. The number of hydrogen-bond donors (Lipinski definition) is 1. The second-order valence-corrected chi connectivity index (χ2v) is 5.16. The number of aryl methyl sites for hydroxylation is 1. The average Bonchev–Trinajstić information content (AvgIpc) is 2.26. The van der Waals surface area contributed by atoms with Gasteiger partial charge in [0.25, 0.3) is 0 Å². The molecule has 0 heterocycles. The van der Waals surface area contributed by atoms with Crippen molar-refractivity contribution in [2.75, 3.05) is 26.0 Å². The molecule has 0 spiro atoms. The Balaban J connectivity index is 2.34. The van der Waals surface area contributed by atoms with Crippen LogP contribution in [0, 0.1) is 6.92 Å². The number of nitrogens with zero attached hydrogens (tertiary/aromatic N) is 1. The maximum absolute atomic E-state index is 11.4. The highest BCUT2D eigenvalue weighted by Gasteiger charge is 2.03. The zero-order valence-corrected chi connectivity index (χ0v) is 12.2. The molecule has 1 aromatic rings. The van der Waals surface area contributed by atoms with Crippen molar-refractivity contribution in [1.82, 2.24) is 4.90 Å². The van der Waals surface area contributed by atoms with Crippen LogP contribution in [0.5, 0.6) is 0 Å². The van der Waals surface area contributed by atoms with Gasteiger partial charge in [0.15, 0.2) is 0 Å². The first-order valence-electron chi connectivity index (χ1n) is 5.71. The lowest BCUT2D eigenvalue weighted by Crippen LogP contribution is -2.22. The van der Waals surface area contributed by atoms with Crippen molar-refractivity contribution in [1.29, 1.82) is 0 Å². The minimum Gasteiger partial charge on any atom is -0.384 e. The summed E-state index contributed by atoms with van der Waals surface area (Å²) in [5.41, 5.74) is 2.30. The van der Waals surface area contributed by atoms with Crippen LogP contribution in [0.15, 0.2) is 22.7 Å². The molecular weight excluding hydrogens is 280 g/mol. The van der Waals surface area contributed by atoms with Crippen molar-refractivity contribution in [3.63, 3.8) is 0 Å². The van der Waals surface area contributed by atoms with Crippen molar-refractivity contribution < 1.29 is 4.79 Å². The molecule has 0 saturated carbocycles. The number of rotatable bonds is 5. The van der Waals surface area contributed by atoms with Crippen molar-refractivity contribution in [2.24, 2.45) is 0 Å². The minimum atomic E-state index is 0.176. The van der Waals surface area contributed by atoms with E-state index < -0.39 is 0 Å². The van der Waals surface area contributed by atoms with Gasteiger partial charge in [-0.25, -0.2) is 0 Å². The molecule has 1 amide bonds. The molecule has 0 fully saturated rings. The molecule has 1 N–H and O–H groups in total. The summed E-state index contributed by atoms with van der Waals surface area (Å²) in [6.07, 6.45) is 1.43. The van der Waals surface area contributed by atoms with Gasteiger partial charge in [0, 0.05) is 37.2 Å². The molecule has 0 bridgehead atoms. The molecule has 1 aromatic carbocycles. The largest absolute Gasteiger partial charge is 0.384 e. The van der Waals surface area contributed by atoms with Crippen LogP contribution in [0.2, 0.25) is 0 Å². The molecule has 0 saturated heterocycles. The first kappa shape index (κ1) is 14.0. The van der Waals surface area contributed by atoms with E-state index in [9.17, 15) is 4.79 Å². The molecule has 3 nitrogen and oxygen atoms in total. The van der Waals surface area contributed by atoms with Crippen LogP contribution in [0.4, 0.5) is 5.69 Å². The number of hydrogen-bond acceptors (Lipinski definition) is 2. The van der Waals surface area contributed by atoms with Crippen molar-refractivity contribution in [3.8, 4) is 0 Å². The third-order valence-electron chi connectivity index (χ3n) is 2.51. The monoisotopic (exact) mass is 298 g/mol. The van der Waals surface area contributed by atoms with E-state index in [1.165, 1.54) is 5.56 Å². The van der Waals surface area contributed by atoms with E-state index in [4.69, 9.17) is 0 Å². The molecule has 4 heteroatoms. The SMILES string of the molecule is Cc1ccc(NCCCC(=O)N(C)C)c(Br)c1.